The first-order valence-corrected chi connectivity index (χ1v) is 6.20. The van der Waals surface area contributed by atoms with Crippen molar-refractivity contribution in [1.29, 1.82) is 0 Å². The Labute approximate surface area is 117 Å². The molecule has 0 saturated heterocycles. The molecule has 2 aromatic carbocycles. The van der Waals surface area contributed by atoms with E-state index in [9.17, 15) is 14.0 Å². The van der Waals surface area contributed by atoms with Crippen molar-refractivity contribution in [2.45, 2.75) is 4.90 Å². The van der Waals surface area contributed by atoms with E-state index in [1.807, 2.05) is 0 Å². The maximum atomic E-state index is 12.4. The Morgan fingerprint density at radius 2 is 1.95 bits per heavy atom. The summed E-state index contributed by atoms with van der Waals surface area (Å²) in [7, 11) is 0. The predicted molar refractivity (Wildman–Crippen MR) is 71.6 cm³/mol. The average molecular weight is 300 g/mol. The molecule has 0 N–H and O–H groups in total. The standard InChI is InChI=1S/C12H7ClFNO3S/c13-9-7-8(19-14)5-6-11(9)18-12-4-2-1-3-10(12)15(16)17/h1-7H. The third-order valence-corrected chi connectivity index (χ3v) is 3.00. The summed E-state index contributed by atoms with van der Waals surface area (Å²) in [5, 5.41) is 11.0. The molecule has 4 nitrogen and oxygen atoms in total. The minimum Gasteiger partial charge on any atom is -0.449 e. The normalized spacial score (nSPS) is 10.2. The van der Waals surface area contributed by atoms with Gasteiger partial charge in [0, 0.05) is 11.0 Å². The number of nitrogens with zero attached hydrogens (tertiary/aromatic N) is 1. The number of hydrogen-bond donors (Lipinski definition) is 0. The van der Waals surface area contributed by atoms with Crippen LogP contribution in [0.4, 0.5) is 9.57 Å². The number of nitro groups is 1. The fraction of sp³-hybridized carbons (Fsp3) is 0. The van der Waals surface area contributed by atoms with Gasteiger partial charge >= 0.3 is 5.69 Å². The largest absolute Gasteiger partial charge is 0.449 e. The summed E-state index contributed by atoms with van der Waals surface area (Å²) in [6.07, 6.45) is 0. The lowest BCUT2D eigenvalue weighted by molar-refractivity contribution is -0.385. The van der Waals surface area contributed by atoms with Gasteiger partial charge in [0.05, 0.1) is 22.1 Å². The van der Waals surface area contributed by atoms with E-state index < -0.39 is 4.92 Å². The van der Waals surface area contributed by atoms with E-state index in [-0.39, 0.29) is 34.4 Å². The first kappa shape index (κ1) is 13.6. The van der Waals surface area contributed by atoms with Crippen molar-refractivity contribution in [2.75, 3.05) is 0 Å². The van der Waals surface area contributed by atoms with Gasteiger partial charge in [-0.1, -0.05) is 23.7 Å². The second kappa shape index (κ2) is 5.90. The lowest BCUT2D eigenvalue weighted by Crippen LogP contribution is -1.93. The third-order valence-electron chi connectivity index (χ3n) is 2.27. The highest BCUT2D eigenvalue weighted by molar-refractivity contribution is 7.94. The minimum atomic E-state index is -0.547. The number of rotatable bonds is 4. The molecular weight excluding hydrogens is 293 g/mol. The Bertz CT molecular complexity index is 624. The highest BCUT2D eigenvalue weighted by Gasteiger charge is 2.15. The van der Waals surface area contributed by atoms with Crippen molar-refractivity contribution in [3.8, 4) is 11.5 Å². The summed E-state index contributed by atoms with van der Waals surface area (Å²) in [5.74, 6) is 0.309. The van der Waals surface area contributed by atoms with Crippen LogP contribution in [-0.4, -0.2) is 4.92 Å². The van der Waals surface area contributed by atoms with E-state index in [1.165, 1.54) is 36.4 Å². The minimum absolute atomic E-state index is 0.0578. The van der Waals surface area contributed by atoms with Crippen LogP contribution in [0.25, 0.3) is 0 Å². The average Bonchev–Trinajstić information content (AvgIpc) is 2.41. The first-order chi connectivity index (χ1) is 9.11. The van der Waals surface area contributed by atoms with Crippen LogP contribution in [0.1, 0.15) is 0 Å². The van der Waals surface area contributed by atoms with Crippen LogP contribution in [0.15, 0.2) is 47.4 Å². The molecule has 0 amide bonds. The maximum Gasteiger partial charge on any atom is 0.311 e. The molecule has 0 atom stereocenters. The summed E-state index contributed by atoms with van der Waals surface area (Å²) < 4.78 is 17.8. The fourth-order valence-corrected chi connectivity index (χ4v) is 1.99. The molecule has 0 aliphatic rings. The lowest BCUT2D eigenvalue weighted by Gasteiger charge is -2.08. The Kier molecular flexibility index (Phi) is 4.24. The predicted octanol–water partition coefficient (Wildman–Crippen LogP) is 5.02. The van der Waals surface area contributed by atoms with Crippen LogP contribution in [0.2, 0.25) is 5.02 Å². The summed E-state index contributed by atoms with van der Waals surface area (Å²) in [6.45, 7) is 0. The number of nitro benzene ring substituents is 1. The molecule has 0 aliphatic carbocycles. The molecule has 0 fully saturated rings. The molecule has 7 heteroatoms. The zero-order chi connectivity index (χ0) is 13.8. The molecule has 0 radical (unpaired) electrons. The highest BCUT2D eigenvalue weighted by Crippen LogP contribution is 2.36. The number of halogens is 2. The van der Waals surface area contributed by atoms with Gasteiger partial charge in [0.15, 0.2) is 0 Å². The van der Waals surface area contributed by atoms with E-state index in [2.05, 4.69) is 0 Å². The Morgan fingerprint density at radius 3 is 2.58 bits per heavy atom. The van der Waals surface area contributed by atoms with Crippen LogP contribution in [-0.2, 0) is 0 Å². The Balaban J connectivity index is 2.34. The van der Waals surface area contributed by atoms with Crippen LogP contribution in [0, 0.1) is 10.1 Å². The Morgan fingerprint density at radius 1 is 1.21 bits per heavy atom. The third kappa shape index (κ3) is 3.15. The van der Waals surface area contributed by atoms with Crippen LogP contribution >= 0.6 is 23.7 Å². The molecule has 0 aliphatic heterocycles. The number of ether oxygens (including phenoxy) is 1. The monoisotopic (exact) mass is 299 g/mol. The quantitative estimate of drug-likeness (QED) is 0.587. The summed E-state index contributed by atoms with van der Waals surface area (Å²) in [4.78, 5) is 10.6. The molecule has 2 rings (SSSR count). The molecule has 0 aromatic heterocycles. The van der Waals surface area contributed by atoms with Crippen molar-refractivity contribution < 1.29 is 13.5 Å². The van der Waals surface area contributed by atoms with E-state index in [0.717, 1.165) is 0 Å². The fourth-order valence-electron chi connectivity index (χ4n) is 1.43. The summed E-state index contributed by atoms with van der Waals surface area (Å²) in [5.41, 5.74) is -0.164. The summed E-state index contributed by atoms with van der Waals surface area (Å²) >= 11 is 5.97. The molecule has 0 unspecified atom stereocenters. The van der Waals surface area contributed by atoms with E-state index in [1.54, 1.807) is 6.07 Å². The highest BCUT2D eigenvalue weighted by atomic mass is 35.5. The van der Waals surface area contributed by atoms with Crippen molar-refractivity contribution in [1.82, 2.24) is 0 Å². The van der Waals surface area contributed by atoms with E-state index in [0.29, 0.717) is 4.90 Å². The number of hydrogen-bond acceptors (Lipinski definition) is 4. The van der Waals surface area contributed by atoms with Gasteiger partial charge < -0.3 is 4.74 Å². The SMILES string of the molecule is O=[N+]([O-])c1ccccc1Oc1ccc(SF)cc1Cl. The van der Waals surface area contributed by atoms with Crippen molar-refractivity contribution in [3.63, 3.8) is 0 Å². The zero-order valence-corrected chi connectivity index (χ0v) is 11.0. The van der Waals surface area contributed by atoms with Gasteiger partial charge in [-0.2, -0.15) is 3.89 Å². The van der Waals surface area contributed by atoms with E-state index >= 15 is 0 Å². The molecule has 19 heavy (non-hydrogen) atoms. The van der Waals surface area contributed by atoms with Gasteiger partial charge in [-0.15, -0.1) is 0 Å². The van der Waals surface area contributed by atoms with Crippen molar-refractivity contribution in [2.24, 2.45) is 0 Å². The van der Waals surface area contributed by atoms with Crippen molar-refractivity contribution >= 4 is 29.4 Å². The number of para-hydroxylation sites is 2. The van der Waals surface area contributed by atoms with Gasteiger partial charge in [-0.05, 0) is 24.3 Å². The second-order valence-corrected chi connectivity index (χ2v) is 4.53. The maximum absolute atomic E-state index is 12.4. The van der Waals surface area contributed by atoms with Gasteiger partial charge in [-0.25, -0.2) is 0 Å². The topological polar surface area (TPSA) is 52.4 Å². The van der Waals surface area contributed by atoms with E-state index in [4.69, 9.17) is 16.3 Å². The zero-order valence-electron chi connectivity index (χ0n) is 9.38. The van der Waals surface area contributed by atoms with Crippen LogP contribution in [0.3, 0.4) is 0 Å². The van der Waals surface area contributed by atoms with Crippen molar-refractivity contribution in [3.05, 3.63) is 57.6 Å². The van der Waals surface area contributed by atoms with Gasteiger partial charge in [-0.3, -0.25) is 10.1 Å². The molecule has 0 heterocycles. The van der Waals surface area contributed by atoms with Gasteiger partial charge in [0.25, 0.3) is 0 Å². The smallest absolute Gasteiger partial charge is 0.311 e. The molecule has 0 spiro atoms. The lowest BCUT2D eigenvalue weighted by atomic mass is 10.3. The molecule has 98 valence electrons. The van der Waals surface area contributed by atoms with Crippen LogP contribution < -0.4 is 4.74 Å². The molecular formula is C12H7ClFNO3S. The Hall–Kier alpha value is -1.79. The first-order valence-electron chi connectivity index (χ1n) is 5.11. The second-order valence-electron chi connectivity index (χ2n) is 3.50. The van der Waals surface area contributed by atoms with Gasteiger partial charge in [0.2, 0.25) is 5.75 Å². The molecule has 0 saturated carbocycles. The summed E-state index contributed by atoms with van der Waals surface area (Å²) in [6, 6.07) is 10.3. The van der Waals surface area contributed by atoms with Gasteiger partial charge in [0.1, 0.15) is 5.75 Å². The molecule has 0 bridgehead atoms. The van der Waals surface area contributed by atoms with Crippen LogP contribution in [0.5, 0.6) is 11.5 Å². The number of benzene rings is 2. The molecule has 2 aromatic rings.